The summed E-state index contributed by atoms with van der Waals surface area (Å²) in [7, 11) is 1.63. The van der Waals surface area contributed by atoms with E-state index >= 15 is 0 Å². The SMILES string of the molecule is COCc1cc(CNCc2ccccc2)no1. The van der Waals surface area contributed by atoms with E-state index in [0.717, 1.165) is 18.0 Å². The molecule has 2 aromatic rings. The molecule has 0 aliphatic heterocycles. The molecule has 0 aliphatic carbocycles. The maximum Gasteiger partial charge on any atom is 0.162 e. The predicted molar refractivity (Wildman–Crippen MR) is 64.2 cm³/mol. The Morgan fingerprint density at radius 1 is 1.24 bits per heavy atom. The van der Waals surface area contributed by atoms with E-state index in [2.05, 4.69) is 22.6 Å². The molecule has 4 nitrogen and oxygen atoms in total. The maximum atomic E-state index is 5.09. The Morgan fingerprint density at radius 3 is 2.82 bits per heavy atom. The van der Waals surface area contributed by atoms with E-state index in [-0.39, 0.29) is 0 Å². The lowest BCUT2D eigenvalue weighted by Gasteiger charge is -2.01. The summed E-state index contributed by atoms with van der Waals surface area (Å²) in [4.78, 5) is 0. The summed E-state index contributed by atoms with van der Waals surface area (Å²) < 4.78 is 10.1. The number of benzene rings is 1. The van der Waals surface area contributed by atoms with Crippen molar-refractivity contribution >= 4 is 0 Å². The highest BCUT2D eigenvalue weighted by Gasteiger charge is 2.02. The number of methoxy groups -OCH3 is 1. The Kier molecular flexibility index (Phi) is 4.30. The molecule has 4 heteroatoms. The molecule has 1 aromatic carbocycles. The largest absolute Gasteiger partial charge is 0.377 e. The summed E-state index contributed by atoms with van der Waals surface area (Å²) in [5, 5.41) is 7.26. The highest BCUT2D eigenvalue weighted by Crippen LogP contribution is 2.05. The fraction of sp³-hybridized carbons (Fsp3) is 0.308. The van der Waals surface area contributed by atoms with Gasteiger partial charge in [-0.15, -0.1) is 0 Å². The quantitative estimate of drug-likeness (QED) is 0.828. The molecule has 0 bridgehead atoms. The smallest absolute Gasteiger partial charge is 0.162 e. The minimum absolute atomic E-state index is 0.464. The van der Waals surface area contributed by atoms with Crippen LogP contribution < -0.4 is 5.32 Å². The fourth-order valence-electron chi connectivity index (χ4n) is 1.58. The van der Waals surface area contributed by atoms with Gasteiger partial charge >= 0.3 is 0 Å². The zero-order valence-corrected chi connectivity index (χ0v) is 9.85. The number of hydrogen-bond acceptors (Lipinski definition) is 4. The lowest BCUT2D eigenvalue weighted by molar-refractivity contribution is 0.155. The Labute approximate surface area is 101 Å². The van der Waals surface area contributed by atoms with E-state index in [1.54, 1.807) is 7.11 Å². The highest BCUT2D eigenvalue weighted by molar-refractivity contribution is 5.14. The predicted octanol–water partition coefficient (Wildman–Crippen LogP) is 2.11. The number of nitrogens with zero attached hydrogens (tertiary/aromatic N) is 1. The van der Waals surface area contributed by atoms with Crippen molar-refractivity contribution in [3.05, 3.63) is 53.4 Å². The second-order valence-electron chi connectivity index (χ2n) is 3.81. The summed E-state index contributed by atoms with van der Waals surface area (Å²) in [6.45, 7) is 1.99. The molecule has 0 atom stereocenters. The first-order valence-electron chi connectivity index (χ1n) is 5.56. The monoisotopic (exact) mass is 232 g/mol. The van der Waals surface area contributed by atoms with Crippen molar-refractivity contribution < 1.29 is 9.26 Å². The Morgan fingerprint density at radius 2 is 2.06 bits per heavy atom. The average Bonchev–Trinajstić information content (AvgIpc) is 2.79. The molecule has 0 aliphatic rings. The lowest BCUT2D eigenvalue weighted by Crippen LogP contribution is -2.12. The summed E-state index contributed by atoms with van der Waals surface area (Å²) >= 11 is 0. The highest BCUT2D eigenvalue weighted by atomic mass is 16.5. The van der Waals surface area contributed by atoms with Gasteiger partial charge in [0.05, 0.1) is 5.69 Å². The number of hydrogen-bond donors (Lipinski definition) is 1. The first-order chi connectivity index (χ1) is 8.38. The Hall–Kier alpha value is -1.65. The topological polar surface area (TPSA) is 47.3 Å². The number of nitrogens with one attached hydrogen (secondary N) is 1. The van der Waals surface area contributed by atoms with Crippen molar-refractivity contribution in [1.82, 2.24) is 10.5 Å². The average molecular weight is 232 g/mol. The second kappa shape index (κ2) is 6.18. The van der Waals surface area contributed by atoms with Crippen LogP contribution in [-0.2, 0) is 24.4 Å². The van der Waals surface area contributed by atoms with Crippen LogP contribution >= 0.6 is 0 Å². The minimum Gasteiger partial charge on any atom is -0.377 e. The molecule has 0 saturated carbocycles. The van der Waals surface area contributed by atoms with Crippen molar-refractivity contribution in [3.63, 3.8) is 0 Å². The second-order valence-corrected chi connectivity index (χ2v) is 3.81. The number of rotatable bonds is 6. The molecule has 90 valence electrons. The zero-order chi connectivity index (χ0) is 11.9. The van der Waals surface area contributed by atoms with Crippen LogP contribution in [-0.4, -0.2) is 12.3 Å². The van der Waals surface area contributed by atoms with Crippen molar-refractivity contribution in [3.8, 4) is 0 Å². The van der Waals surface area contributed by atoms with Gasteiger partial charge in [-0.3, -0.25) is 0 Å². The molecule has 0 amide bonds. The molecule has 0 spiro atoms. The first-order valence-corrected chi connectivity index (χ1v) is 5.56. The van der Waals surface area contributed by atoms with Crippen LogP contribution in [0, 0.1) is 0 Å². The fourth-order valence-corrected chi connectivity index (χ4v) is 1.58. The summed E-state index contributed by atoms with van der Waals surface area (Å²) in [6.07, 6.45) is 0. The van der Waals surface area contributed by atoms with Crippen LogP contribution in [0.4, 0.5) is 0 Å². The summed E-state index contributed by atoms with van der Waals surface area (Å²) in [5.74, 6) is 0.754. The summed E-state index contributed by atoms with van der Waals surface area (Å²) in [5.41, 5.74) is 2.15. The van der Waals surface area contributed by atoms with Gasteiger partial charge in [0.25, 0.3) is 0 Å². The molecule has 0 unspecified atom stereocenters. The van der Waals surface area contributed by atoms with Crippen LogP contribution in [0.15, 0.2) is 40.9 Å². The van der Waals surface area contributed by atoms with Gasteiger partial charge in [-0.1, -0.05) is 35.5 Å². The van der Waals surface area contributed by atoms with Crippen LogP contribution in [0.5, 0.6) is 0 Å². The van der Waals surface area contributed by atoms with Crippen LogP contribution in [0.2, 0.25) is 0 Å². The van der Waals surface area contributed by atoms with E-state index < -0.39 is 0 Å². The van der Waals surface area contributed by atoms with E-state index in [1.807, 2.05) is 24.3 Å². The third-order valence-electron chi connectivity index (χ3n) is 2.37. The van der Waals surface area contributed by atoms with Gasteiger partial charge in [0, 0.05) is 26.3 Å². The first kappa shape index (κ1) is 11.8. The number of ether oxygens (including phenoxy) is 1. The third-order valence-corrected chi connectivity index (χ3v) is 2.37. The van der Waals surface area contributed by atoms with Gasteiger partial charge in [0.15, 0.2) is 5.76 Å². The zero-order valence-electron chi connectivity index (χ0n) is 9.85. The Balaban J connectivity index is 1.78. The van der Waals surface area contributed by atoms with Crippen molar-refractivity contribution in [2.24, 2.45) is 0 Å². The standard InChI is InChI=1S/C13H16N2O2/c1-16-10-13-7-12(15-17-13)9-14-8-11-5-3-2-4-6-11/h2-7,14H,8-10H2,1H3. The molecule has 2 rings (SSSR count). The summed E-state index contributed by atoms with van der Waals surface area (Å²) in [6, 6.07) is 12.2. The van der Waals surface area contributed by atoms with Crippen molar-refractivity contribution in [1.29, 1.82) is 0 Å². The molecular formula is C13H16N2O2. The van der Waals surface area contributed by atoms with E-state index in [1.165, 1.54) is 5.56 Å². The van der Waals surface area contributed by atoms with Gasteiger partial charge < -0.3 is 14.6 Å². The van der Waals surface area contributed by atoms with Crippen LogP contribution in [0.25, 0.3) is 0 Å². The molecule has 1 N–H and O–H groups in total. The van der Waals surface area contributed by atoms with Crippen LogP contribution in [0.1, 0.15) is 17.0 Å². The normalized spacial score (nSPS) is 10.6. The molecule has 0 radical (unpaired) electrons. The van der Waals surface area contributed by atoms with Gasteiger partial charge in [-0.2, -0.15) is 0 Å². The maximum absolute atomic E-state index is 5.09. The van der Waals surface area contributed by atoms with Crippen molar-refractivity contribution in [2.75, 3.05) is 7.11 Å². The van der Waals surface area contributed by atoms with Gasteiger partial charge in [0.2, 0.25) is 0 Å². The molecular weight excluding hydrogens is 216 g/mol. The van der Waals surface area contributed by atoms with E-state index in [4.69, 9.17) is 9.26 Å². The van der Waals surface area contributed by atoms with Gasteiger partial charge in [-0.25, -0.2) is 0 Å². The lowest BCUT2D eigenvalue weighted by atomic mass is 10.2. The Bertz CT molecular complexity index is 440. The third kappa shape index (κ3) is 3.69. The number of aromatic nitrogens is 1. The molecule has 1 aromatic heterocycles. The molecule has 1 heterocycles. The van der Waals surface area contributed by atoms with E-state index in [9.17, 15) is 0 Å². The minimum atomic E-state index is 0.464. The molecule has 0 saturated heterocycles. The van der Waals surface area contributed by atoms with Gasteiger partial charge in [-0.05, 0) is 5.56 Å². The van der Waals surface area contributed by atoms with Gasteiger partial charge in [0.1, 0.15) is 6.61 Å². The molecule has 0 fully saturated rings. The molecule has 17 heavy (non-hydrogen) atoms. The van der Waals surface area contributed by atoms with Crippen LogP contribution in [0.3, 0.4) is 0 Å². The van der Waals surface area contributed by atoms with E-state index in [0.29, 0.717) is 13.2 Å². The van der Waals surface area contributed by atoms with Crippen molar-refractivity contribution in [2.45, 2.75) is 19.7 Å².